The Morgan fingerprint density at radius 3 is 2.50 bits per heavy atom. The van der Waals surface area contributed by atoms with Crippen LogP contribution in [0.2, 0.25) is 10.0 Å². The van der Waals surface area contributed by atoms with Gasteiger partial charge in [0.1, 0.15) is 6.04 Å². The molecule has 0 spiro atoms. The molecule has 2 aromatic rings. The molecule has 0 aliphatic carbocycles. The molecule has 11 heteroatoms. The minimum absolute atomic E-state index is 0.127. The first-order valence-corrected chi connectivity index (χ1v) is 10.2. The highest BCUT2D eigenvalue weighted by atomic mass is 79.9. The maximum Gasteiger partial charge on any atom is 0.284 e. The summed E-state index contributed by atoms with van der Waals surface area (Å²) in [5.74, 6) is -1.33. The standard InChI is InChI=1S/C19H17BrCl2N4O4/c1-10(2)17(24-18(27)13-5-4-12(21)8-15(13)22)19(28)25-23-9-11-3-6-14(20)16(7-11)26(29)30/h3-10,17H,1-2H3,(H,24,27)(H,25,28)/b23-9-. The van der Waals surface area contributed by atoms with Crippen molar-refractivity contribution in [3.05, 3.63) is 72.2 Å². The summed E-state index contributed by atoms with van der Waals surface area (Å²) in [5, 5.41) is 18.0. The molecule has 0 aromatic heterocycles. The van der Waals surface area contributed by atoms with E-state index in [4.69, 9.17) is 23.2 Å². The van der Waals surface area contributed by atoms with Crippen LogP contribution in [-0.4, -0.2) is 29.0 Å². The van der Waals surface area contributed by atoms with Gasteiger partial charge in [-0.05, 0) is 46.1 Å². The Hall–Kier alpha value is -2.49. The van der Waals surface area contributed by atoms with Gasteiger partial charge in [0, 0.05) is 16.7 Å². The van der Waals surface area contributed by atoms with E-state index in [1.807, 2.05) is 0 Å². The van der Waals surface area contributed by atoms with Gasteiger partial charge in [0.2, 0.25) is 0 Å². The maximum atomic E-state index is 12.5. The molecule has 2 rings (SSSR count). The number of hydrazone groups is 1. The number of nitro groups is 1. The fourth-order valence-electron chi connectivity index (χ4n) is 2.42. The first kappa shape index (κ1) is 23.8. The number of nitrogens with one attached hydrogen (secondary N) is 2. The minimum atomic E-state index is -0.888. The van der Waals surface area contributed by atoms with Gasteiger partial charge >= 0.3 is 0 Å². The van der Waals surface area contributed by atoms with Crippen molar-refractivity contribution in [1.82, 2.24) is 10.7 Å². The predicted octanol–water partition coefficient (Wildman–Crippen LogP) is 4.57. The van der Waals surface area contributed by atoms with Gasteiger partial charge in [-0.3, -0.25) is 19.7 Å². The highest BCUT2D eigenvalue weighted by Gasteiger charge is 2.25. The summed E-state index contributed by atoms with van der Waals surface area (Å²) in [6, 6.07) is 7.95. The van der Waals surface area contributed by atoms with Crippen molar-refractivity contribution in [1.29, 1.82) is 0 Å². The van der Waals surface area contributed by atoms with E-state index in [-0.39, 0.29) is 22.2 Å². The average molecular weight is 516 g/mol. The summed E-state index contributed by atoms with van der Waals surface area (Å²) in [5.41, 5.74) is 2.81. The summed E-state index contributed by atoms with van der Waals surface area (Å²) >= 11 is 15.0. The van der Waals surface area contributed by atoms with Crippen LogP contribution in [0.25, 0.3) is 0 Å². The van der Waals surface area contributed by atoms with Crippen LogP contribution in [0.5, 0.6) is 0 Å². The Bertz CT molecular complexity index is 1010. The first-order chi connectivity index (χ1) is 14.1. The van der Waals surface area contributed by atoms with Crippen molar-refractivity contribution in [3.8, 4) is 0 Å². The Balaban J connectivity index is 2.09. The molecule has 0 aliphatic rings. The number of hydrogen-bond donors (Lipinski definition) is 2. The Morgan fingerprint density at radius 2 is 1.90 bits per heavy atom. The highest BCUT2D eigenvalue weighted by Crippen LogP contribution is 2.25. The van der Waals surface area contributed by atoms with Crippen LogP contribution in [0.4, 0.5) is 5.69 Å². The van der Waals surface area contributed by atoms with E-state index in [0.29, 0.717) is 15.1 Å². The molecule has 1 unspecified atom stereocenters. The number of hydrogen-bond acceptors (Lipinski definition) is 5. The number of rotatable bonds is 7. The van der Waals surface area contributed by atoms with Crippen molar-refractivity contribution in [2.24, 2.45) is 11.0 Å². The molecule has 30 heavy (non-hydrogen) atoms. The molecule has 0 aliphatic heterocycles. The van der Waals surface area contributed by atoms with Crippen molar-refractivity contribution < 1.29 is 14.5 Å². The zero-order valence-corrected chi connectivity index (χ0v) is 19.0. The third-order valence-electron chi connectivity index (χ3n) is 3.97. The zero-order valence-electron chi connectivity index (χ0n) is 15.9. The van der Waals surface area contributed by atoms with Crippen LogP contribution >= 0.6 is 39.1 Å². The van der Waals surface area contributed by atoms with E-state index in [1.54, 1.807) is 19.9 Å². The Kier molecular flexibility index (Phi) is 8.33. The average Bonchev–Trinajstić information content (AvgIpc) is 2.66. The fraction of sp³-hybridized carbons (Fsp3) is 0.211. The van der Waals surface area contributed by atoms with Crippen LogP contribution < -0.4 is 10.7 Å². The van der Waals surface area contributed by atoms with Crippen LogP contribution in [0, 0.1) is 16.0 Å². The molecular weight excluding hydrogens is 499 g/mol. The van der Waals surface area contributed by atoms with Gasteiger partial charge in [-0.15, -0.1) is 0 Å². The summed E-state index contributed by atoms with van der Waals surface area (Å²) in [6.07, 6.45) is 1.27. The van der Waals surface area contributed by atoms with E-state index in [1.165, 1.54) is 36.5 Å². The van der Waals surface area contributed by atoms with Crippen molar-refractivity contribution in [3.63, 3.8) is 0 Å². The van der Waals surface area contributed by atoms with E-state index in [9.17, 15) is 19.7 Å². The molecule has 2 N–H and O–H groups in total. The molecule has 158 valence electrons. The molecule has 2 amide bonds. The molecule has 0 heterocycles. The normalized spacial score (nSPS) is 12.1. The van der Waals surface area contributed by atoms with E-state index < -0.39 is 22.8 Å². The number of nitrogens with zero attached hydrogens (tertiary/aromatic N) is 2. The molecule has 8 nitrogen and oxygen atoms in total. The second-order valence-corrected chi connectivity index (χ2v) is 8.22. The topological polar surface area (TPSA) is 114 Å². The largest absolute Gasteiger partial charge is 0.340 e. The SMILES string of the molecule is CC(C)C(NC(=O)c1ccc(Cl)cc1Cl)C(=O)N/N=C\c1ccc(Br)c([N+](=O)[O-])c1. The van der Waals surface area contributed by atoms with Crippen LogP contribution in [0.3, 0.4) is 0 Å². The molecule has 0 bridgehead atoms. The zero-order chi connectivity index (χ0) is 22.4. The lowest BCUT2D eigenvalue weighted by molar-refractivity contribution is -0.385. The van der Waals surface area contributed by atoms with Crippen LogP contribution in [0.15, 0.2) is 46.0 Å². The van der Waals surface area contributed by atoms with Gasteiger partial charge in [-0.2, -0.15) is 5.10 Å². The lowest BCUT2D eigenvalue weighted by Crippen LogP contribution is -2.48. The van der Waals surface area contributed by atoms with Gasteiger partial charge in [0.05, 0.1) is 26.2 Å². The monoisotopic (exact) mass is 514 g/mol. The number of amides is 2. The van der Waals surface area contributed by atoms with E-state index in [2.05, 4.69) is 31.8 Å². The smallest absolute Gasteiger partial charge is 0.284 e. The lowest BCUT2D eigenvalue weighted by atomic mass is 10.0. The van der Waals surface area contributed by atoms with E-state index in [0.717, 1.165) is 0 Å². The number of carbonyl (C=O) groups excluding carboxylic acids is 2. The predicted molar refractivity (Wildman–Crippen MR) is 119 cm³/mol. The number of halogens is 3. The fourth-order valence-corrected chi connectivity index (χ4v) is 3.30. The van der Waals surface area contributed by atoms with Gasteiger partial charge in [0.25, 0.3) is 17.5 Å². The van der Waals surface area contributed by atoms with Crippen molar-refractivity contribution in [2.45, 2.75) is 19.9 Å². The Labute approximate surface area is 190 Å². The number of carbonyl (C=O) groups is 2. The van der Waals surface area contributed by atoms with Gasteiger partial charge in [0.15, 0.2) is 0 Å². The lowest BCUT2D eigenvalue weighted by Gasteiger charge is -2.20. The van der Waals surface area contributed by atoms with Gasteiger partial charge < -0.3 is 5.32 Å². The maximum absolute atomic E-state index is 12.5. The molecule has 0 fully saturated rings. The quantitative estimate of drug-likeness (QED) is 0.319. The number of benzene rings is 2. The summed E-state index contributed by atoms with van der Waals surface area (Å²) in [7, 11) is 0. The molecule has 0 saturated carbocycles. The summed E-state index contributed by atoms with van der Waals surface area (Å²) < 4.78 is 0.331. The van der Waals surface area contributed by atoms with Gasteiger partial charge in [-0.1, -0.05) is 43.1 Å². The molecule has 0 radical (unpaired) electrons. The third kappa shape index (κ3) is 6.25. The molecular formula is C19H17BrCl2N4O4. The first-order valence-electron chi connectivity index (χ1n) is 8.63. The summed E-state index contributed by atoms with van der Waals surface area (Å²) in [6.45, 7) is 3.52. The number of nitro benzene ring substituents is 1. The molecule has 1 atom stereocenters. The van der Waals surface area contributed by atoms with Gasteiger partial charge in [-0.25, -0.2) is 5.43 Å². The van der Waals surface area contributed by atoms with E-state index >= 15 is 0 Å². The minimum Gasteiger partial charge on any atom is -0.340 e. The second kappa shape index (κ2) is 10.5. The molecule has 2 aromatic carbocycles. The third-order valence-corrected chi connectivity index (χ3v) is 5.19. The Morgan fingerprint density at radius 1 is 1.20 bits per heavy atom. The summed E-state index contributed by atoms with van der Waals surface area (Å²) in [4.78, 5) is 35.5. The van der Waals surface area contributed by atoms with Crippen molar-refractivity contribution >= 4 is 62.8 Å². The van der Waals surface area contributed by atoms with Crippen LogP contribution in [0.1, 0.15) is 29.8 Å². The second-order valence-electron chi connectivity index (χ2n) is 6.52. The highest BCUT2D eigenvalue weighted by molar-refractivity contribution is 9.10. The van der Waals surface area contributed by atoms with Crippen LogP contribution in [-0.2, 0) is 4.79 Å². The molecule has 0 saturated heterocycles. The van der Waals surface area contributed by atoms with Crippen molar-refractivity contribution in [2.75, 3.05) is 0 Å².